The summed E-state index contributed by atoms with van der Waals surface area (Å²) in [4.78, 5) is 4.26. The van der Waals surface area contributed by atoms with Gasteiger partial charge in [-0.25, -0.2) is 8.42 Å². The summed E-state index contributed by atoms with van der Waals surface area (Å²) in [6.45, 7) is 2.36. The fourth-order valence-corrected chi connectivity index (χ4v) is 7.91. The standard InChI is InChI=1S/C27H30N2O2S2/c1-28(33(30,31)23-12-6-3-7-13-23)20-25(22-10-4-2-5-11-22)29-18-16-27(17-19-29)21-32-26-15-9-8-14-24(26)27/h2-15,25H,16-21H2,1H3. The SMILES string of the molecule is CN(CC(c1ccccc1)N1CCC2(CC1)CSc1ccccc12)S(=O)(=O)c1ccccc1. The van der Waals surface area contributed by atoms with E-state index in [9.17, 15) is 8.42 Å². The van der Waals surface area contributed by atoms with Crippen molar-refractivity contribution < 1.29 is 8.42 Å². The van der Waals surface area contributed by atoms with Crippen LogP contribution in [0.4, 0.5) is 0 Å². The van der Waals surface area contributed by atoms with Gasteiger partial charge in [0.2, 0.25) is 10.0 Å². The molecule has 0 amide bonds. The average Bonchev–Trinajstić information content (AvgIpc) is 3.22. The van der Waals surface area contributed by atoms with Crippen molar-refractivity contribution in [2.45, 2.75) is 34.1 Å². The van der Waals surface area contributed by atoms with Crippen LogP contribution < -0.4 is 0 Å². The fourth-order valence-electron chi connectivity index (χ4n) is 5.22. The summed E-state index contributed by atoms with van der Waals surface area (Å²) in [6, 6.07) is 28.0. The van der Waals surface area contributed by atoms with Crippen molar-refractivity contribution >= 4 is 21.8 Å². The molecule has 2 aliphatic heterocycles. The van der Waals surface area contributed by atoms with Crippen molar-refractivity contribution in [2.75, 3.05) is 32.4 Å². The van der Waals surface area contributed by atoms with Gasteiger partial charge >= 0.3 is 0 Å². The number of sulfonamides is 1. The lowest BCUT2D eigenvalue weighted by molar-refractivity contribution is 0.112. The molecule has 1 atom stereocenters. The number of benzene rings is 3. The molecule has 1 spiro atoms. The van der Waals surface area contributed by atoms with Gasteiger partial charge in [0.1, 0.15) is 0 Å². The van der Waals surface area contributed by atoms with Crippen LogP contribution in [0.3, 0.4) is 0 Å². The third-order valence-electron chi connectivity index (χ3n) is 7.22. The average molecular weight is 479 g/mol. The minimum Gasteiger partial charge on any atom is -0.295 e. The summed E-state index contributed by atoms with van der Waals surface area (Å²) < 4.78 is 28.0. The van der Waals surface area contributed by atoms with Crippen molar-refractivity contribution in [3.05, 3.63) is 96.1 Å². The molecule has 4 nitrogen and oxygen atoms in total. The first-order valence-electron chi connectivity index (χ1n) is 11.5. The number of thioether (sulfide) groups is 1. The van der Waals surface area contributed by atoms with Crippen molar-refractivity contribution in [1.29, 1.82) is 0 Å². The molecule has 0 radical (unpaired) electrons. The number of nitrogens with zero attached hydrogens (tertiary/aromatic N) is 2. The largest absolute Gasteiger partial charge is 0.295 e. The zero-order valence-electron chi connectivity index (χ0n) is 18.9. The highest BCUT2D eigenvalue weighted by molar-refractivity contribution is 7.99. The van der Waals surface area contributed by atoms with Gasteiger partial charge in [0.15, 0.2) is 0 Å². The number of hydrogen-bond donors (Lipinski definition) is 0. The Morgan fingerprint density at radius 3 is 2.21 bits per heavy atom. The zero-order valence-corrected chi connectivity index (χ0v) is 20.6. The van der Waals surface area contributed by atoms with Crippen LogP contribution in [-0.2, 0) is 15.4 Å². The van der Waals surface area contributed by atoms with Gasteiger partial charge in [0, 0.05) is 35.7 Å². The Bertz CT molecular complexity index is 1190. The van der Waals surface area contributed by atoms with Crippen LogP contribution in [0.25, 0.3) is 0 Å². The lowest BCUT2D eigenvalue weighted by atomic mass is 9.74. The van der Waals surface area contributed by atoms with Gasteiger partial charge in [0.05, 0.1) is 4.90 Å². The Balaban J connectivity index is 1.37. The lowest BCUT2D eigenvalue weighted by Crippen LogP contribution is -2.47. The predicted octanol–water partition coefficient (Wildman–Crippen LogP) is 5.19. The van der Waals surface area contributed by atoms with E-state index in [2.05, 4.69) is 41.3 Å². The molecule has 2 heterocycles. The summed E-state index contributed by atoms with van der Waals surface area (Å²) in [5.74, 6) is 1.15. The molecule has 172 valence electrons. The van der Waals surface area contributed by atoms with Crippen LogP contribution in [-0.4, -0.2) is 50.1 Å². The van der Waals surface area contributed by atoms with Crippen molar-refractivity contribution in [1.82, 2.24) is 9.21 Å². The third-order valence-corrected chi connectivity index (χ3v) is 10.4. The highest BCUT2D eigenvalue weighted by Gasteiger charge is 2.43. The molecule has 1 unspecified atom stereocenters. The normalized spacial score (nSPS) is 19.0. The molecule has 1 saturated heterocycles. The summed E-state index contributed by atoms with van der Waals surface area (Å²) in [5, 5.41) is 0. The maximum absolute atomic E-state index is 13.2. The van der Waals surface area contributed by atoms with Gasteiger partial charge in [-0.1, -0.05) is 66.7 Å². The van der Waals surface area contributed by atoms with Crippen molar-refractivity contribution in [3.63, 3.8) is 0 Å². The smallest absolute Gasteiger partial charge is 0.242 e. The van der Waals surface area contributed by atoms with Gasteiger partial charge in [-0.3, -0.25) is 4.90 Å². The van der Waals surface area contributed by atoms with Crippen LogP contribution in [0, 0.1) is 0 Å². The van der Waals surface area contributed by atoms with Gasteiger partial charge in [-0.15, -0.1) is 11.8 Å². The summed E-state index contributed by atoms with van der Waals surface area (Å²) in [7, 11) is -1.84. The van der Waals surface area contributed by atoms with Crippen LogP contribution in [0.1, 0.15) is 30.0 Å². The van der Waals surface area contributed by atoms with Crippen molar-refractivity contribution in [3.8, 4) is 0 Å². The Morgan fingerprint density at radius 2 is 1.52 bits per heavy atom. The Morgan fingerprint density at radius 1 is 0.909 bits per heavy atom. The first-order chi connectivity index (χ1) is 16.0. The summed E-state index contributed by atoms with van der Waals surface area (Å²) in [6.07, 6.45) is 2.21. The number of rotatable bonds is 6. The summed E-state index contributed by atoms with van der Waals surface area (Å²) in [5.41, 5.74) is 2.93. The molecule has 1 fully saturated rings. The molecule has 0 saturated carbocycles. The van der Waals surface area contributed by atoms with Crippen molar-refractivity contribution in [2.24, 2.45) is 0 Å². The van der Waals surface area contributed by atoms with E-state index >= 15 is 0 Å². The van der Waals surface area contributed by atoms with Gasteiger partial charge in [-0.2, -0.15) is 4.31 Å². The number of hydrogen-bond acceptors (Lipinski definition) is 4. The fraction of sp³-hybridized carbons (Fsp3) is 0.333. The highest BCUT2D eigenvalue weighted by Crippen LogP contribution is 2.50. The van der Waals surface area contributed by atoms with E-state index < -0.39 is 10.0 Å². The van der Waals surface area contributed by atoms with E-state index in [1.54, 1.807) is 31.3 Å². The monoisotopic (exact) mass is 478 g/mol. The van der Waals surface area contributed by atoms with Crippen LogP contribution >= 0.6 is 11.8 Å². The predicted molar refractivity (Wildman–Crippen MR) is 135 cm³/mol. The van der Waals surface area contributed by atoms with E-state index in [1.165, 1.54) is 20.3 Å². The molecule has 3 aromatic carbocycles. The molecule has 2 aliphatic rings. The molecule has 5 rings (SSSR count). The van der Waals surface area contributed by atoms with Gasteiger partial charge in [-0.05, 0) is 55.3 Å². The number of piperidine rings is 1. The second-order valence-corrected chi connectivity index (χ2v) is 12.2. The molecular weight excluding hydrogens is 448 g/mol. The van der Waals surface area contributed by atoms with E-state index in [1.807, 2.05) is 36.0 Å². The minimum atomic E-state index is -3.54. The Labute approximate surface area is 201 Å². The summed E-state index contributed by atoms with van der Waals surface area (Å²) >= 11 is 1.98. The molecule has 3 aromatic rings. The first-order valence-corrected chi connectivity index (χ1v) is 13.9. The van der Waals surface area contributed by atoms with Crippen LogP contribution in [0.5, 0.6) is 0 Å². The van der Waals surface area contributed by atoms with E-state index in [4.69, 9.17) is 0 Å². The van der Waals surface area contributed by atoms with E-state index in [0.717, 1.165) is 31.7 Å². The topological polar surface area (TPSA) is 40.6 Å². The van der Waals surface area contributed by atoms with Gasteiger partial charge < -0.3 is 0 Å². The van der Waals surface area contributed by atoms with E-state index in [-0.39, 0.29) is 11.5 Å². The zero-order chi connectivity index (χ0) is 22.9. The molecule has 0 bridgehead atoms. The number of fused-ring (bicyclic) bond motifs is 2. The minimum absolute atomic E-state index is 0.0244. The molecule has 33 heavy (non-hydrogen) atoms. The highest BCUT2D eigenvalue weighted by atomic mass is 32.2. The molecule has 0 aromatic heterocycles. The lowest BCUT2D eigenvalue weighted by Gasteiger charge is -2.43. The van der Waals surface area contributed by atoms with Crippen LogP contribution in [0.2, 0.25) is 0 Å². The second-order valence-electron chi connectivity index (χ2n) is 9.13. The number of likely N-dealkylation sites (tertiary alicyclic amines) is 1. The Kier molecular flexibility index (Phi) is 6.36. The third kappa shape index (κ3) is 4.37. The number of likely N-dealkylation sites (N-methyl/N-ethyl adjacent to an activating group) is 1. The molecular formula is C27H30N2O2S2. The maximum Gasteiger partial charge on any atom is 0.242 e. The van der Waals surface area contributed by atoms with Gasteiger partial charge in [0.25, 0.3) is 0 Å². The van der Waals surface area contributed by atoms with E-state index in [0.29, 0.717) is 11.4 Å². The second kappa shape index (κ2) is 9.26. The Hall–Kier alpha value is -2.12. The quantitative estimate of drug-likeness (QED) is 0.489. The molecule has 6 heteroatoms. The molecule has 0 N–H and O–H groups in total. The maximum atomic E-state index is 13.2. The van der Waals surface area contributed by atoms with Crippen LogP contribution in [0.15, 0.2) is 94.7 Å². The first kappa shape index (κ1) is 22.7. The molecule has 0 aliphatic carbocycles.